The number of hydrogen-bond acceptors (Lipinski definition) is 3. The molecule has 1 aliphatic rings. The first-order chi connectivity index (χ1) is 9.76. The molecule has 0 spiro atoms. The van der Waals surface area contributed by atoms with Crippen LogP contribution in [-0.2, 0) is 19.3 Å². The Morgan fingerprint density at radius 3 is 2.80 bits per heavy atom. The van der Waals surface area contributed by atoms with E-state index in [1.165, 1.54) is 36.0 Å². The molecule has 0 saturated heterocycles. The van der Waals surface area contributed by atoms with Crippen LogP contribution in [0.2, 0.25) is 0 Å². The molecule has 1 aromatic heterocycles. The molecule has 0 amide bonds. The molecule has 1 heterocycles. The zero-order chi connectivity index (χ0) is 13.9. The number of fused-ring (bicyclic) bond motifs is 1. The Balaban J connectivity index is 1.94. The van der Waals surface area contributed by atoms with Gasteiger partial charge in [0.05, 0.1) is 5.69 Å². The molecule has 0 radical (unpaired) electrons. The first-order valence-corrected chi connectivity index (χ1v) is 7.37. The third-order valence-corrected chi connectivity index (χ3v) is 3.89. The molecule has 20 heavy (non-hydrogen) atoms. The van der Waals surface area contributed by atoms with Crippen LogP contribution in [-0.4, -0.2) is 23.6 Å². The largest absolute Gasteiger partial charge is 0.319 e. The maximum atomic E-state index is 4.72. The summed E-state index contributed by atoms with van der Waals surface area (Å²) in [7, 11) is 1.96. The van der Waals surface area contributed by atoms with E-state index in [1.807, 2.05) is 14.0 Å². The van der Waals surface area contributed by atoms with Crippen LogP contribution in [0, 0.1) is 6.92 Å². The van der Waals surface area contributed by atoms with Crippen LogP contribution in [0.5, 0.6) is 0 Å². The summed E-state index contributed by atoms with van der Waals surface area (Å²) in [5.41, 5.74) is 6.33. The Kier molecular flexibility index (Phi) is 3.79. The summed E-state index contributed by atoms with van der Waals surface area (Å²) in [4.78, 5) is 9.23. The minimum atomic E-state index is 0.871. The number of benzene rings is 1. The highest BCUT2D eigenvalue weighted by molar-refractivity contribution is 5.62. The normalized spacial score (nSPS) is 13.5. The smallest absolute Gasteiger partial charge is 0.130 e. The van der Waals surface area contributed by atoms with Crippen LogP contribution in [0.3, 0.4) is 0 Å². The summed E-state index contributed by atoms with van der Waals surface area (Å²) in [5, 5.41) is 3.15. The lowest BCUT2D eigenvalue weighted by atomic mass is 10.0. The van der Waals surface area contributed by atoms with Gasteiger partial charge >= 0.3 is 0 Å². The lowest BCUT2D eigenvalue weighted by Crippen LogP contribution is -2.13. The van der Waals surface area contributed by atoms with Crippen molar-refractivity contribution in [2.24, 2.45) is 0 Å². The van der Waals surface area contributed by atoms with Crippen LogP contribution in [0.15, 0.2) is 24.3 Å². The second-order valence-corrected chi connectivity index (χ2v) is 5.50. The van der Waals surface area contributed by atoms with Crippen molar-refractivity contribution >= 4 is 0 Å². The van der Waals surface area contributed by atoms with E-state index in [1.54, 1.807) is 0 Å². The van der Waals surface area contributed by atoms with E-state index in [4.69, 9.17) is 4.98 Å². The van der Waals surface area contributed by atoms with Gasteiger partial charge in [-0.15, -0.1) is 0 Å². The number of likely N-dealkylation sites (N-methyl/N-ethyl adjacent to an activating group) is 1. The summed E-state index contributed by atoms with van der Waals surface area (Å²) in [6.07, 6.45) is 4.59. The molecule has 1 N–H and O–H groups in total. The molecule has 0 bridgehead atoms. The molecule has 0 unspecified atom stereocenters. The van der Waals surface area contributed by atoms with Crippen molar-refractivity contribution in [1.29, 1.82) is 0 Å². The van der Waals surface area contributed by atoms with Crippen LogP contribution >= 0.6 is 0 Å². The number of nitrogens with one attached hydrogen (secondary N) is 1. The molecule has 0 fully saturated rings. The van der Waals surface area contributed by atoms with Crippen molar-refractivity contribution in [3.8, 4) is 11.3 Å². The standard InChI is InChI=1S/C17H21N3/c1-12-10-16(20-17(19-12)8-9-18-2)15-7-6-13-4-3-5-14(13)11-15/h6-7,10-11,18H,3-5,8-9H2,1-2H3. The Bertz CT molecular complexity index is 620. The van der Waals surface area contributed by atoms with E-state index in [0.717, 1.165) is 30.2 Å². The van der Waals surface area contributed by atoms with Gasteiger partial charge in [-0.05, 0) is 56.5 Å². The molecule has 1 aliphatic carbocycles. The number of nitrogens with zero attached hydrogens (tertiary/aromatic N) is 2. The zero-order valence-electron chi connectivity index (χ0n) is 12.2. The van der Waals surface area contributed by atoms with Crippen molar-refractivity contribution in [3.05, 3.63) is 46.9 Å². The number of hydrogen-bond donors (Lipinski definition) is 1. The first-order valence-electron chi connectivity index (χ1n) is 7.37. The highest BCUT2D eigenvalue weighted by atomic mass is 14.9. The summed E-state index contributed by atoms with van der Waals surface area (Å²) in [6, 6.07) is 8.86. The monoisotopic (exact) mass is 267 g/mol. The maximum absolute atomic E-state index is 4.72. The quantitative estimate of drug-likeness (QED) is 0.925. The van der Waals surface area contributed by atoms with Gasteiger partial charge in [-0.25, -0.2) is 9.97 Å². The Labute approximate surface area is 120 Å². The van der Waals surface area contributed by atoms with Gasteiger partial charge in [0.15, 0.2) is 0 Å². The van der Waals surface area contributed by atoms with Gasteiger partial charge in [-0.2, -0.15) is 0 Å². The van der Waals surface area contributed by atoms with Crippen molar-refractivity contribution in [1.82, 2.24) is 15.3 Å². The molecule has 3 rings (SSSR count). The molecule has 0 atom stereocenters. The third-order valence-electron chi connectivity index (χ3n) is 3.89. The van der Waals surface area contributed by atoms with Crippen molar-refractivity contribution in [2.75, 3.05) is 13.6 Å². The molecule has 3 nitrogen and oxygen atoms in total. The van der Waals surface area contributed by atoms with E-state index in [9.17, 15) is 0 Å². The van der Waals surface area contributed by atoms with Gasteiger partial charge in [-0.3, -0.25) is 0 Å². The highest BCUT2D eigenvalue weighted by Gasteiger charge is 2.12. The summed E-state index contributed by atoms with van der Waals surface area (Å²) < 4.78 is 0. The predicted molar refractivity (Wildman–Crippen MR) is 81.9 cm³/mol. The minimum absolute atomic E-state index is 0.871. The fourth-order valence-electron chi connectivity index (χ4n) is 2.86. The number of aromatic nitrogens is 2. The van der Waals surface area contributed by atoms with Crippen LogP contribution < -0.4 is 5.32 Å². The summed E-state index contributed by atoms with van der Waals surface area (Å²) >= 11 is 0. The predicted octanol–water partition coefficient (Wildman–Crippen LogP) is 2.70. The lowest BCUT2D eigenvalue weighted by Gasteiger charge is -2.08. The van der Waals surface area contributed by atoms with Crippen molar-refractivity contribution in [3.63, 3.8) is 0 Å². The van der Waals surface area contributed by atoms with Crippen LogP contribution in [0.4, 0.5) is 0 Å². The Morgan fingerprint density at radius 2 is 1.95 bits per heavy atom. The van der Waals surface area contributed by atoms with Crippen LogP contribution in [0.25, 0.3) is 11.3 Å². The van der Waals surface area contributed by atoms with Gasteiger partial charge in [0.2, 0.25) is 0 Å². The molecule has 0 saturated carbocycles. The molecule has 3 heteroatoms. The van der Waals surface area contributed by atoms with Crippen molar-refractivity contribution < 1.29 is 0 Å². The average molecular weight is 267 g/mol. The highest BCUT2D eigenvalue weighted by Crippen LogP contribution is 2.27. The summed E-state index contributed by atoms with van der Waals surface area (Å²) in [5.74, 6) is 0.926. The lowest BCUT2D eigenvalue weighted by molar-refractivity contribution is 0.752. The fourth-order valence-corrected chi connectivity index (χ4v) is 2.86. The van der Waals surface area contributed by atoms with E-state index >= 15 is 0 Å². The van der Waals surface area contributed by atoms with Gasteiger partial charge in [0.1, 0.15) is 5.82 Å². The van der Waals surface area contributed by atoms with Crippen molar-refractivity contribution in [2.45, 2.75) is 32.6 Å². The second kappa shape index (κ2) is 5.71. The fraction of sp³-hybridized carbons (Fsp3) is 0.412. The third kappa shape index (κ3) is 2.73. The number of aryl methyl sites for hydroxylation is 3. The maximum Gasteiger partial charge on any atom is 0.130 e. The molecular weight excluding hydrogens is 246 g/mol. The molecule has 1 aromatic carbocycles. The van der Waals surface area contributed by atoms with Crippen LogP contribution in [0.1, 0.15) is 29.1 Å². The Hall–Kier alpha value is -1.74. The zero-order valence-corrected chi connectivity index (χ0v) is 12.2. The topological polar surface area (TPSA) is 37.8 Å². The second-order valence-electron chi connectivity index (χ2n) is 5.50. The first kappa shape index (κ1) is 13.3. The summed E-state index contributed by atoms with van der Waals surface area (Å²) in [6.45, 7) is 2.95. The van der Waals surface area contributed by atoms with Gasteiger partial charge < -0.3 is 5.32 Å². The Morgan fingerprint density at radius 1 is 1.10 bits per heavy atom. The molecular formula is C17H21N3. The average Bonchev–Trinajstić information content (AvgIpc) is 2.92. The molecule has 0 aliphatic heterocycles. The van der Waals surface area contributed by atoms with Gasteiger partial charge in [-0.1, -0.05) is 12.1 Å². The van der Waals surface area contributed by atoms with E-state index < -0.39 is 0 Å². The SMILES string of the molecule is CNCCc1nc(C)cc(-c2ccc3c(c2)CCC3)n1. The molecule has 104 valence electrons. The minimum Gasteiger partial charge on any atom is -0.319 e. The molecule has 2 aromatic rings. The van der Waals surface area contributed by atoms with E-state index in [2.05, 4.69) is 34.6 Å². The van der Waals surface area contributed by atoms with Gasteiger partial charge in [0.25, 0.3) is 0 Å². The van der Waals surface area contributed by atoms with Gasteiger partial charge in [0, 0.05) is 24.2 Å². The van der Waals surface area contributed by atoms with E-state index in [-0.39, 0.29) is 0 Å². The number of rotatable bonds is 4. The van der Waals surface area contributed by atoms with E-state index in [0.29, 0.717) is 0 Å².